The quantitative estimate of drug-likeness (QED) is 0.698. The zero-order chi connectivity index (χ0) is 20.3. The number of nitrogens with zero attached hydrogens (tertiary/aromatic N) is 1. The van der Waals surface area contributed by atoms with Crippen molar-refractivity contribution in [1.82, 2.24) is 10.4 Å². The van der Waals surface area contributed by atoms with Gasteiger partial charge in [-0.2, -0.15) is 5.01 Å². The molecule has 29 heavy (non-hydrogen) atoms. The molecule has 2 aromatic rings. The van der Waals surface area contributed by atoms with Gasteiger partial charge < -0.3 is 9.47 Å². The molecule has 0 bridgehead atoms. The highest BCUT2D eigenvalue weighted by molar-refractivity contribution is 5.75. The molecule has 0 aromatic heterocycles. The van der Waals surface area contributed by atoms with Crippen LogP contribution in [0.5, 0.6) is 0 Å². The van der Waals surface area contributed by atoms with Gasteiger partial charge in [-0.05, 0) is 36.8 Å². The monoisotopic (exact) mass is 394 g/mol. The second-order valence-electron chi connectivity index (χ2n) is 6.84. The molecule has 152 valence electrons. The van der Waals surface area contributed by atoms with Gasteiger partial charge in [-0.25, -0.2) is 15.0 Å². The molecular weight excluding hydrogens is 368 g/mol. The third-order valence-corrected chi connectivity index (χ3v) is 4.61. The minimum absolute atomic E-state index is 0.124. The van der Waals surface area contributed by atoms with Gasteiger partial charge >= 0.3 is 12.2 Å². The Morgan fingerprint density at radius 3 is 2.10 bits per heavy atom. The Labute approximate surface area is 171 Å². The van der Waals surface area contributed by atoms with Crippen molar-refractivity contribution in [2.75, 3.05) is 0 Å². The summed E-state index contributed by atoms with van der Waals surface area (Å²) in [6.07, 6.45) is 5.32. The first kappa shape index (κ1) is 20.5. The minimum atomic E-state index is -0.698. The van der Waals surface area contributed by atoms with Gasteiger partial charge in [0, 0.05) is 5.70 Å². The van der Waals surface area contributed by atoms with Crippen molar-refractivity contribution < 1.29 is 19.1 Å². The van der Waals surface area contributed by atoms with Gasteiger partial charge in [0.1, 0.15) is 13.2 Å². The molecule has 3 rings (SSSR count). The fraction of sp³-hybridized carbons (Fsp3) is 0.304. The zero-order valence-electron chi connectivity index (χ0n) is 16.4. The molecule has 1 N–H and O–H groups in total. The van der Waals surface area contributed by atoms with Crippen LogP contribution in [0.4, 0.5) is 9.59 Å². The average molecular weight is 394 g/mol. The highest BCUT2D eigenvalue weighted by atomic mass is 16.6. The van der Waals surface area contributed by atoms with Crippen LogP contribution in [-0.4, -0.2) is 17.2 Å². The van der Waals surface area contributed by atoms with Gasteiger partial charge in [0.25, 0.3) is 0 Å². The summed E-state index contributed by atoms with van der Waals surface area (Å²) in [7, 11) is 0. The van der Waals surface area contributed by atoms with Gasteiger partial charge in [-0.15, -0.1) is 0 Å². The largest absolute Gasteiger partial charge is 0.443 e. The van der Waals surface area contributed by atoms with Gasteiger partial charge in [0.05, 0.1) is 0 Å². The number of carbonyl (C=O) groups is 2. The van der Waals surface area contributed by atoms with Crippen molar-refractivity contribution in [3.05, 3.63) is 83.6 Å². The van der Waals surface area contributed by atoms with Crippen LogP contribution in [-0.2, 0) is 22.7 Å². The number of hydrogen-bond donors (Lipinski definition) is 1. The molecule has 0 heterocycles. The molecule has 0 spiro atoms. The molecule has 1 aliphatic rings. The zero-order valence-corrected chi connectivity index (χ0v) is 16.4. The topological polar surface area (TPSA) is 67.9 Å². The molecular formula is C23H26N2O4. The van der Waals surface area contributed by atoms with E-state index in [0.717, 1.165) is 42.5 Å². The second-order valence-corrected chi connectivity index (χ2v) is 6.84. The van der Waals surface area contributed by atoms with E-state index in [4.69, 9.17) is 9.47 Å². The maximum absolute atomic E-state index is 12.7. The van der Waals surface area contributed by atoms with E-state index < -0.39 is 12.2 Å². The lowest BCUT2D eigenvalue weighted by Crippen LogP contribution is -2.46. The van der Waals surface area contributed by atoms with Crippen molar-refractivity contribution >= 4 is 12.2 Å². The number of nitrogens with one attached hydrogen (secondary N) is 1. The van der Waals surface area contributed by atoms with E-state index in [9.17, 15) is 9.59 Å². The van der Waals surface area contributed by atoms with Gasteiger partial charge in [0.15, 0.2) is 0 Å². The molecule has 2 aromatic carbocycles. The van der Waals surface area contributed by atoms with Crippen LogP contribution in [0.2, 0.25) is 0 Å². The minimum Gasteiger partial charge on any atom is -0.443 e. The highest BCUT2D eigenvalue weighted by Gasteiger charge is 2.23. The van der Waals surface area contributed by atoms with E-state index in [2.05, 4.69) is 5.43 Å². The highest BCUT2D eigenvalue weighted by Crippen LogP contribution is 2.20. The Morgan fingerprint density at radius 2 is 1.45 bits per heavy atom. The summed E-state index contributed by atoms with van der Waals surface area (Å²) in [4.78, 5) is 25.1. The van der Waals surface area contributed by atoms with E-state index in [1.165, 1.54) is 5.01 Å². The number of ether oxygens (including phenoxy) is 2. The van der Waals surface area contributed by atoms with Gasteiger partial charge in [-0.3, -0.25) is 0 Å². The Balaban J connectivity index is 1.62. The lowest BCUT2D eigenvalue weighted by Gasteiger charge is -2.24. The number of carbonyl (C=O) groups excluding carboxylic acids is 2. The Kier molecular flexibility index (Phi) is 7.69. The first-order valence-corrected chi connectivity index (χ1v) is 9.89. The Hall–Kier alpha value is -3.28. The molecule has 0 fully saturated rings. The predicted molar refractivity (Wildman–Crippen MR) is 109 cm³/mol. The lowest BCUT2D eigenvalue weighted by molar-refractivity contribution is 0.0756. The third kappa shape index (κ3) is 6.68. The molecule has 6 heteroatoms. The van der Waals surface area contributed by atoms with E-state index in [0.29, 0.717) is 6.42 Å². The van der Waals surface area contributed by atoms with Crippen LogP contribution in [0, 0.1) is 0 Å². The van der Waals surface area contributed by atoms with Gasteiger partial charge in [0.2, 0.25) is 0 Å². The molecule has 0 atom stereocenters. The van der Waals surface area contributed by atoms with Crippen molar-refractivity contribution in [1.29, 1.82) is 0 Å². The van der Waals surface area contributed by atoms with Crippen LogP contribution in [0.15, 0.2) is 72.4 Å². The number of hydrazine groups is 1. The number of rotatable bonds is 5. The second kappa shape index (κ2) is 10.9. The van der Waals surface area contributed by atoms with Crippen LogP contribution in [0.3, 0.4) is 0 Å². The molecule has 2 amide bonds. The molecule has 1 aliphatic carbocycles. The third-order valence-electron chi connectivity index (χ3n) is 4.61. The number of benzene rings is 2. The normalized spacial score (nSPS) is 13.6. The van der Waals surface area contributed by atoms with E-state index in [1.807, 2.05) is 66.7 Å². The van der Waals surface area contributed by atoms with Crippen molar-refractivity contribution in [3.63, 3.8) is 0 Å². The van der Waals surface area contributed by atoms with Crippen LogP contribution in [0.25, 0.3) is 0 Å². The first-order valence-electron chi connectivity index (χ1n) is 9.89. The fourth-order valence-electron chi connectivity index (χ4n) is 3.07. The maximum atomic E-state index is 12.7. The molecule has 0 radical (unpaired) electrons. The summed E-state index contributed by atoms with van der Waals surface area (Å²) in [5.74, 6) is 0. The lowest BCUT2D eigenvalue weighted by atomic mass is 10.2. The van der Waals surface area contributed by atoms with E-state index >= 15 is 0 Å². The number of amides is 2. The molecule has 0 saturated carbocycles. The molecule has 0 saturated heterocycles. The summed E-state index contributed by atoms with van der Waals surface area (Å²) >= 11 is 0. The predicted octanol–water partition coefficient (Wildman–Crippen LogP) is 5.31. The van der Waals surface area contributed by atoms with Gasteiger partial charge in [-0.1, -0.05) is 73.2 Å². The van der Waals surface area contributed by atoms with Crippen LogP contribution in [0.1, 0.15) is 43.2 Å². The fourth-order valence-corrected chi connectivity index (χ4v) is 3.07. The average Bonchev–Trinajstić information content (AvgIpc) is 3.05. The van der Waals surface area contributed by atoms with Crippen molar-refractivity contribution in [2.24, 2.45) is 0 Å². The standard InChI is InChI=1S/C23H26N2O4/c26-22(28-17-19-11-5-3-6-12-19)24-25(21-15-9-1-2-10-16-21)23(27)29-18-20-13-7-4-8-14-20/h3-8,11-15H,1-2,9-10,16-18H2,(H,24,26). The Morgan fingerprint density at radius 1 is 0.828 bits per heavy atom. The first-order chi connectivity index (χ1) is 14.2. The molecule has 0 unspecified atom stereocenters. The number of allylic oxidation sites excluding steroid dienone is 2. The maximum Gasteiger partial charge on any atom is 0.433 e. The van der Waals surface area contributed by atoms with E-state index in [-0.39, 0.29) is 13.2 Å². The summed E-state index contributed by atoms with van der Waals surface area (Å²) in [5.41, 5.74) is 5.03. The molecule has 0 aliphatic heterocycles. The Bertz CT molecular complexity index is 821. The van der Waals surface area contributed by atoms with Crippen molar-refractivity contribution in [2.45, 2.75) is 45.3 Å². The van der Waals surface area contributed by atoms with Crippen LogP contribution < -0.4 is 5.43 Å². The number of hydrogen-bond acceptors (Lipinski definition) is 4. The van der Waals surface area contributed by atoms with Crippen molar-refractivity contribution in [3.8, 4) is 0 Å². The smallest absolute Gasteiger partial charge is 0.433 e. The summed E-state index contributed by atoms with van der Waals surface area (Å²) in [6.45, 7) is 0.253. The van der Waals surface area contributed by atoms with E-state index in [1.54, 1.807) is 0 Å². The summed E-state index contributed by atoms with van der Waals surface area (Å²) in [6, 6.07) is 18.8. The van der Waals surface area contributed by atoms with Crippen LogP contribution >= 0.6 is 0 Å². The molecule has 6 nitrogen and oxygen atoms in total. The SMILES string of the molecule is O=C(NN(C(=O)OCc1ccccc1)C1=CCCCCC1)OCc1ccccc1. The summed E-state index contributed by atoms with van der Waals surface area (Å²) in [5, 5.41) is 1.18. The summed E-state index contributed by atoms with van der Waals surface area (Å²) < 4.78 is 10.7.